The molecule has 1 unspecified atom stereocenters. The normalized spacial score (nSPS) is 18.5. The molecule has 0 spiro atoms. The van der Waals surface area contributed by atoms with Crippen molar-refractivity contribution >= 4 is 11.6 Å². The Labute approximate surface area is 128 Å². The van der Waals surface area contributed by atoms with Gasteiger partial charge in [0.1, 0.15) is 0 Å². The fraction of sp³-hybridized carbons (Fsp3) is 0.588. The molecule has 0 bridgehead atoms. The van der Waals surface area contributed by atoms with Crippen LogP contribution < -0.4 is 5.32 Å². The van der Waals surface area contributed by atoms with Gasteiger partial charge in [-0.05, 0) is 38.9 Å². The molecule has 1 saturated heterocycles. The predicted molar refractivity (Wildman–Crippen MR) is 87.7 cm³/mol. The Morgan fingerprint density at radius 3 is 2.48 bits per heavy atom. The van der Waals surface area contributed by atoms with E-state index in [0.29, 0.717) is 0 Å². The Hall–Kier alpha value is -1.39. The molecule has 4 nitrogen and oxygen atoms in total. The zero-order valence-corrected chi connectivity index (χ0v) is 13.6. The number of anilines is 1. The average Bonchev–Trinajstić information content (AvgIpc) is 2.49. The molecule has 1 fully saturated rings. The van der Waals surface area contributed by atoms with E-state index in [1.807, 2.05) is 26.0 Å². The molecular formula is C17H27N3O. The van der Waals surface area contributed by atoms with Gasteiger partial charge in [-0.3, -0.25) is 9.69 Å². The number of piperazine rings is 1. The molecule has 1 N–H and O–H groups in total. The fourth-order valence-corrected chi connectivity index (χ4v) is 2.82. The summed E-state index contributed by atoms with van der Waals surface area (Å²) in [7, 11) is 0. The lowest BCUT2D eigenvalue weighted by atomic mass is 10.1. The van der Waals surface area contributed by atoms with E-state index in [4.69, 9.17) is 0 Å². The largest absolute Gasteiger partial charge is 0.324 e. The maximum atomic E-state index is 12.4. The molecule has 21 heavy (non-hydrogen) atoms. The molecule has 1 aromatic rings. The van der Waals surface area contributed by atoms with Crippen LogP contribution in [-0.4, -0.2) is 54.5 Å². The van der Waals surface area contributed by atoms with Gasteiger partial charge in [0.15, 0.2) is 0 Å². The standard InChI is InChI=1S/C17H27N3O/c1-5-19-8-10-20(11-9-19)15(4)17(21)18-16-7-6-13(2)12-14(16)3/h6-7,12,15H,5,8-11H2,1-4H3,(H,18,21). The summed E-state index contributed by atoms with van der Waals surface area (Å²) in [6, 6.07) is 6.04. The number of likely N-dealkylation sites (N-methyl/N-ethyl adjacent to an activating group) is 1. The zero-order valence-electron chi connectivity index (χ0n) is 13.6. The number of carbonyl (C=O) groups is 1. The van der Waals surface area contributed by atoms with Crippen molar-refractivity contribution in [2.75, 3.05) is 38.0 Å². The molecule has 1 aromatic carbocycles. The molecule has 0 aromatic heterocycles. The molecule has 0 saturated carbocycles. The van der Waals surface area contributed by atoms with Crippen molar-refractivity contribution < 1.29 is 4.79 Å². The summed E-state index contributed by atoms with van der Waals surface area (Å²) in [5.41, 5.74) is 3.25. The average molecular weight is 289 g/mol. The van der Waals surface area contributed by atoms with Gasteiger partial charge in [0.25, 0.3) is 0 Å². The van der Waals surface area contributed by atoms with Crippen molar-refractivity contribution in [3.8, 4) is 0 Å². The van der Waals surface area contributed by atoms with Gasteiger partial charge in [-0.2, -0.15) is 0 Å². The molecule has 4 heteroatoms. The van der Waals surface area contributed by atoms with E-state index < -0.39 is 0 Å². The number of amides is 1. The van der Waals surface area contributed by atoms with Gasteiger partial charge in [0, 0.05) is 31.9 Å². The van der Waals surface area contributed by atoms with Gasteiger partial charge in [-0.15, -0.1) is 0 Å². The van der Waals surface area contributed by atoms with Gasteiger partial charge in [0.05, 0.1) is 6.04 Å². The Kier molecular flexibility index (Phi) is 5.37. The molecule has 0 aliphatic carbocycles. The third kappa shape index (κ3) is 4.05. The summed E-state index contributed by atoms with van der Waals surface area (Å²) in [5, 5.41) is 3.07. The lowest BCUT2D eigenvalue weighted by Gasteiger charge is -2.36. The van der Waals surface area contributed by atoms with Crippen LogP contribution in [0.1, 0.15) is 25.0 Å². The van der Waals surface area contributed by atoms with Gasteiger partial charge in [-0.25, -0.2) is 0 Å². The van der Waals surface area contributed by atoms with Crippen LogP contribution in [0.15, 0.2) is 18.2 Å². The molecular weight excluding hydrogens is 262 g/mol. The third-order valence-corrected chi connectivity index (χ3v) is 4.42. The van der Waals surface area contributed by atoms with E-state index in [2.05, 4.69) is 35.0 Å². The van der Waals surface area contributed by atoms with Crippen LogP contribution in [0.2, 0.25) is 0 Å². The Bertz CT molecular complexity index is 493. The Morgan fingerprint density at radius 2 is 1.90 bits per heavy atom. The summed E-state index contributed by atoms with van der Waals surface area (Å²) in [6.45, 7) is 13.4. The molecule has 0 radical (unpaired) electrons. The molecule has 1 atom stereocenters. The SMILES string of the molecule is CCN1CCN(C(C)C(=O)Nc2ccc(C)cc2C)CC1. The van der Waals surface area contributed by atoms with Crippen LogP contribution >= 0.6 is 0 Å². The summed E-state index contributed by atoms with van der Waals surface area (Å²) >= 11 is 0. The number of benzene rings is 1. The minimum absolute atomic E-state index is 0.0790. The predicted octanol–water partition coefficient (Wildman–Crippen LogP) is 2.27. The van der Waals surface area contributed by atoms with E-state index in [9.17, 15) is 4.79 Å². The highest BCUT2D eigenvalue weighted by Crippen LogP contribution is 2.17. The van der Waals surface area contributed by atoms with Crippen LogP contribution in [0.4, 0.5) is 5.69 Å². The first-order valence-corrected chi connectivity index (χ1v) is 7.85. The molecule has 1 aliphatic rings. The lowest BCUT2D eigenvalue weighted by Crippen LogP contribution is -2.52. The Morgan fingerprint density at radius 1 is 1.24 bits per heavy atom. The first-order chi connectivity index (χ1) is 10.0. The van der Waals surface area contributed by atoms with Gasteiger partial charge < -0.3 is 10.2 Å². The number of rotatable bonds is 4. The van der Waals surface area contributed by atoms with E-state index >= 15 is 0 Å². The number of nitrogens with one attached hydrogen (secondary N) is 1. The maximum absolute atomic E-state index is 12.4. The summed E-state index contributed by atoms with van der Waals surface area (Å²) in [5.74, 6) is 0.0897. The van der Waals surface area contributed by atoms with Crippen molar-refractivity contribution in [1.82, 2.24) is 9.80 Å². The van der Waals surface area contributed by atoms with Crippen molar-refractivity contribution in [3.63, 3.8) is 0 Å². The maximum Gasteiger partial charge on any atom is 0.241 e. The van der Waals surface area contributed by atoms with Crippen LogP contribution in [0.5, 0.6) is 0 Å². The van der Waals surface area contributed by atoms with Crippen LogP contribution in [0.3, 0.4) is 0 Å². The van der Waals surface area contributed by atoms with Crippen molar-refractivity contribution in [3.05, 3.63) is 29.3 Å². The first kappa shape index (κ1) is 16.0. The second-order valence-corrected chi connectivity index (χ2v) is 5.95. The smallest absolute Gasteiger partial charge is 0.241 e. The minimum atomic E-state index is -0.0790. The highest BCUT2D eigenvalue weighted by molar-refractivity contribution is 5.95. The van der Waals surface area contributed by atoms with Crippen molar-refractivity contribution in [1.29, 1.82) is 0 Å². The van der Waals surface area contributed by atoms with Gasteiger partial charge in [-0.1, -0.05) is 24.6 Å². The summed E-state index contributed by atoms with van der Waals surface area (Å²) in [4.78, 5) is 17.1. The summed E-state index contributed by atoms with van der Waals surface area (Å²) < 4.78 is 0. The lowest BCUT2D eigenvalue weighted by molar-refractivity contribution is -0.121. The highest BCUT2D eigenvalue weighted by Gasteiger charge is 2.25. The van der Waals surface area contributed by atoms with Crippen molar-refractivity contribution in [2.45, 2.75) is 33.7 Å². The molecule has 1 amide bonds. The number of nitrogens with zero attached hydrogens (tertiary/aromatic N) is 2. The van der Waals surface area contributed by atoms with Crippen LogP contribution in [-0.2, 0) is 4.79 Å². The number of aryl methyl sites for hydroxylation is 2. The van der Waals surface area contributed by atoms with E-state index in [1.165, 1.54) is 5.56 Å². The molecule has 1 heterocycles. The highest BCUT2D eigenvalue weighted by atomic mass is 16.2. The van der Waals surface area contributed by atoms with Gasteiger partial charge in [0.2, 0.25) is 5.91 Å². The van der Waals surface area contributed by atoms with Crippen LogP contribution in [0.25, 0.3) is 0 Å². The van der Waals surface area contributed by atoms with E-state index in [0.717, 1.165) is 44.0 Å². The quantitative estimate of drug-likeness (QED) is 0.923. The summed E-state index contributed by atoms with van der Waals surface area (Å²) in [6.07, 6.45) is 0. The van der Waals surface area contributed by atoms with Gasteiger partial charge >= 0.3 is 0 Å². The zero-order chi connectivity index (χ0) is 15.4. The minimum Gasteiger partial charge on any atom is -0.324 e. The second-order valence-electron chi connectivity index (χ2n) is 5.95. The number of hydrogen-bond acceptors (Lipinski definition) is 3. The topological polar surface area (TPSA) is 35.6 Å². The molecule has 116 valence electrons. The van der Waals surface area contributed by atoms with E-state index in [-0.39, 0.29) is 11.9 Å². The third-order valence-electron chi connectivity index (χ3n) is 4.42. The van der Waals surface area contributed by atoms with Crippen molar-refractivity contribution in [2.24, 2.45) is 0 Å². The molecule has 2 rings (SSSR count). The first-order valence-electron chi connectivity index (χ1n) is 7.85. The monoisotopic (exact) mass is 289 g/mol. The fourth-order valence-electron chi connectivity index (χ4n) is 2.82. The second kappa shape index (κ2) is 7.05. The number of carbonyl (C=O) groups excluding carboxylic acids is 1. The molecule has 1 aliphatic heterocycles. The Balaban J connectivity index is 1.93. The number of hydrogen-bond donors (Lipinski definition) is 1. The van der Waals surface area contributed by atoms with Crippen LogP contribution in [0, 0.1) is 13.8 Å². The van der Waals surface area contributed by atoms with E-state index in [1.54, 1.807) is 0 Å².